The summed E-state index contributed by atoms with van der Waals surface area (Å²) >= 11 is 6.91. The SMILES string of the molecule is Cl.NCCNC(=O)c1ccc(Cl)s1. The van der Waals surface area contributed by atoms with Gasteiger partial charge in [-0.15, -0.1) is 23.7 Å². The van der Waals surface area contributed by atoms with Crippen LogP contribution in [-0.2, 0) is 0 Å². The molecule has 0 aliphatic carbocycles. The highest BCUT2D eigenvalue weighted by Crippen LogP contribution is 2.20. The number of carbonyl (C=O) groups is 1. The van der Waals surface area contributed by atoms with Gasteiger partial charge in [0.2, 0.25) is 0 Å². The summed E-state index contributed by atoms with van der Waals surface area (Å²) in [6.07, 6.45) is 0. The van der Waals surface area contributed by atoms with Crippen molar-refractivity contribution in [1.82, 2.24) is 5.32 Å². The zero-order valence-electron chi connectivity index (χ0n) is 6.75. The van der Waals surface area contributed by atoms with Crippen LogP contribution in [0.1, 0.15) is 9.67 Å². The fourth-order valence-corrected chi connectivity index (χ4v) is 1.67. The van der Waals surface area contributed by atoms with Crippen LogP contribution in [0.4, 0.5) is 0 Å². The molecule has 1 aromatic heterocycles. The Morgan fingerprint density at radius 3 is 2.77 bits per heavy atom. The van der Waals surface area contributed by atoms with Crippen LogP contribution in [0.2, 0.25) is 4.34 Å². The number of thiophene rings is 1. The third kappa shape index (κ3) is 3.95. The van der Waals surface area contributed by atoms with Crippen LogP contribution in [0.5, 0.6) is 0 Å². The van der Waals surface area contributed by atoms with Crippen LogP contribution in [0.3, 0.4) is 0 Å². The van der Waals surface area contributed by atoms with Crippen LogP contribution < -0.4 is 11.1 Å². The largest absolute Gasteiger partial charge is 0.350 e. The van der Waals surface area contributed by atoms with E-state index in [0.717, 1.165) is 0 Å². The van der Waals surface area contributed by atoms with Crippen LogP contribution >= 0.6 is 35.3 Å². The summed E-state index contributed by atoms with van der Waals surface area (Å²) in [6, 6.07) is 3.39. The van der Waals surface area contributed by atoms with Gasteiger partial charge < -0.3 is 11.1 Å². The van der Waals surface area contributed by atoms with Gasteiger partial charge in [0.05, 0.1) is 9.21 Å². The maximum absolute atomic E-state index is 11.2. The molecular weight excluding hydrogens is 231 g/mol. The molecule has 1 amide bonds. The summed E-state index contributed by atoms with van der Waals surface area (Å²) in [5.74, 6) is -0.114. The third-order valence-corrected chi connectivity index (χ3v) is 2.46. The van der Waals surface area contributed by atoms with E-state index in [4.69, 9.17) is 17.3 Å². The molecule has 0 unspecified atom stereocenters. The lowest BCUT2D eigenvalue weighted by atomic mass is 10.4. The normalized spacial score (nSPS) is 9.08. The third-order valence-electron chi connectivity index (χ3n) is 1.23. The van der Waals surface area contributed by atoms with Crippen molar-refractivity contribution < 1.29 is 4.79 Å². The van der Waals surface area contributed by atoms with E-state index in [1.807, 2.05) is 0 Å². The Kier molecular flexibility index (Phi) is 6.07. The molecule has 0 spiro atoms. The molecule has 3 N–H and O–H groups in total. The fourth-order valence-electron chi connectivity index (χ4n) is 0.709. The highest BCUT2D eigenvalue weighted by Gasteiger charge is 2.06. The lowest BCUT2D eigenvalue weighted by molar-refractivity contribution is 0.0959. The lowest BCUT2D eigenvalue weighted by Gasteiger charge is -1.98. The summed E-state index contributed by atoms with van der Waals surface area (Å²) in [7, 11) is 0. The zero-order valence-corrected chi connectivity index (χ0v) is 9.14. The first-order valence-corrected chi connectivity index (χ1v) is 4.67. The molecule has 74 valence electrons. The Morgan fingerprint density at radius 2 is 2.31 bits per heavy atom. The van der Waals surface area contributed by atoms with E-state index in [-0.39, 0.29) is 18.3 Å². The van der Waals surface area contributed by atoms with Gasteiger partial charge in [-0.3, -0.25) is 4.79 Å². The first kappa shape index (κ1) is 12.7. The molecule has 1 heterocycles. The van der Waals surface area contributed by atoms with Crippen molar-refractivity contribution in [2.24, 2.45) is 5.73 Å². The molecule has 0 saturated heterocycles. The first-order valence-electron chi connectivity index (χ1n) is 3.47. The smallest absolute Gasteiger partial charge is 0.261 e. The minimum absolute atomic E-state index is 0. The second kappa shape index (κ2) is 6.21. The summed E-state index contributed by atoms with van der Waals surface area (Å²) in [5, 5.41) is 2.65. The highest BCUT2D eigenvalue weighted by atomic mass is 35.5. The molecule has 0 aliphatic heterocycles. The van der Waals surface area contributed by atoms with Gasteiger partial charge in [0.25, 0.3) is 5.91 Å². The van der Waals surface area contributed by atoms with Crippen molar-refractivity contribution in [3.8, 4) is 0 Å². The van der Waals surface area contributed by atoms with Crippen LogP contribution in [-0.4, -0.2) is 19.0 Å². The molecule has 0 saturated carbocycles. The Bertz CT molecular complexity index is 277. The fraction of sp³-hybridized carbons (Fsp3) is 0.286. The predicted octanol–water partition coefficient (Wildman–Crippen LogP) is 1.51. The van der Waals surface area contributed by atoms with Crippen molar-refractivity contribution in [1.29, 1.82) is 0 Å². The summed E-state index contributed by atoms with van der Waals surface area (Å²) in [4.78, 5) is 11.8. The Morgan fingerprint density at radius 1 is 1.62 bits per heavy atom. The topological polar surface area (TPSA) is 55.1 Å². The molecule has 13 heavy (non-hydrogen) atoms. The Labute approximate surface area is 91.7 Å². The second-order valence-corrected chi connectivity index (χ2v) is 3.86. The molecule has 0 bridgehead atoms. The number of halogens is 2. The molecule has 0 fully saturated rings. The summed E-state index contributed by atoms with van der Waals surface area (Å²) in [6.45, 7) is 0.944. The van der Waals surface area contributed by atoms with Crippen molar-refractivity contribution in [3.05, 3.63) is 21.3 Å². The average molecular weight is 241 g/mol. The maximum Gasteiger partial charge on any atom is 0.261 e. The van der Waals surface area contributed by atoms with Crippen LogP contribution in [0, 0.1) is 0 Å². The van der Waals surface area contributed by atoms with Crippen molar-refractivity contribution in [2.45, 2.75) is 0 Å². The van der Waals surface area contributed by atoms with Crippen molar-refractivity contribution >= 4 is 41.3 Å². The monoisotopic (exact) mass is 240 g/mol. The van der Waals surface area contributed by atoms with Crippen molar-refractivity contribution in [2.75, 3.05) is 13.1 Å². The second-order valence-electron chi connectivity index (χ2n) is 2.15. The van der Waals surface area contributed by atoms with Crippen LogP contribution in [0.25, 0.3) is 0 Å². The number of rotatable bonds is 3. The standard InChI is InChI=1S/C7H9ClN2OS.ClH/c8-6-2-1-5(12-6)7(11)10-4-3-9;/h1-2H,3-4,9H2,(H,10,11);1H. The van der Waals surface area contributed by atoms with Crippen molar-refractivity contribution in [3.63, 3.8) is 0 Å². The summed E-state index contributed by atoms with van der Waals surface area (Å²) < 4.78 is 0.618. The minimum Gasteiger partial charge on any atom is -0.350 e. The molecular formula is C7H10Cl2N2OS. The maximum atomic E-state index is 11.2. The molecule has 6 heteroatoms. The van der Waals surface area contributed by atoms with Gasteiger partial charge in [0.1, 0.15) is 0 Å². The molecule has 3 nitrogen and oxygen atoms in total. The first-order chi connectivity index (χ1) is 5.74. The number of hydrogen-bond acceptors (Lipinski definition) is 3. The quantitative estimate of drug-likeness (QED) is 0.842. The van der Waals surface area contributed by atoms with E-state index >= 15 is 0 Å². The number of nitrogens with two attached hydrogens (primary N) is 1. The highest BCUT2D eigenvalue weighted by molar-refractivity contribution is 7.17. The van der Waals surface area contributed by atoms with Gasteiger partial charge in [-0.2, -0.15) is 0 Å². The van der Waals surface area contributed by atoms with E-state index in [2.05, 4.69) is 5.32 Å². The molecule has 0 radical (unpaired) electrons. The molecule has 0 aliphatic rings. The number of amides is 1. The molecule has 0 aromatic carbocycles. The van der Waals surface area contributed by atoms with Gasteiger partial charge in [-0.05, 0) is 12.1 Å². The number of carbonyl (C=O) groups excluding carboxylic acids is 1. The molecule has 0 atom stereocenters. The number of nitrogens with one attached hydrogen (secondary N) is 1. The predicted molar refractivity (Wildman–Crippen MR) is 58.0 cm³/mol. The molecule has 1 rings (SSSR count). The van der Waals surface area contributed by atoms with Crippen LogP contribution in [0.15, 0.2) is 12.1 Å². The van der Waals surface area contributed by atoms with Gasteiger partial charge in [0, 0.05) is 13.1 Å². The van der Waals surface area contributed by atoms with Gasteiger partial charge in [0.15, 0.2) is 0 Å². The molecule has 1 aromatic rings. The van der Waals surface area contributed by atoms with Gasteiger partial charge >= 0.3 is 0 Å². The summed E-state index contributed by atoms with van der Waals surface area (Å²) in [5.41, 5.74) is 5.22. The van der Waals surface area contributed by atoms with E-state index < -0.39 is 0 Å². The zero-order chi connectivity index (χ0) is 8.97. The minimum atomic E-state index is -0.114. The van der Waals surface area contributed by atoms with Gasteiger partial charge in [-0.25, -0.2) is 0 Å². The average Bonchev–Trinajstić information content (AvgIpc) is 2.47. The Hall–Kier alpha value is -0.290. The van der Waals surface area contributed by atoms with E-state index in [0.29, 0.717) is 22.3 Å². The van der Waals surface area contributed by atoms with E-state index in [1.165, 1.54) is 11.3 Å². The van der Waals surface area contributed by atoms with Gasteiger partial charge in [-0.1, -0.05) is 11.6 Å². The van der Waals surface area contributed by atoms with E-state index in [1.54, 1.807) is 12.1 Å². The number of hydrogen-bond donors (Lipinski definition) is 2. The Balaban J connectivity index is 0.00000144. The van der Waals surface area contributed by atoms with E-state index in [9.17, 15) is 4.79 Å². The lowest BCUT2D eigenvalue weighted by Crippen LogP contribution is -2.28.